The van der Waals surface area contributed by atoms with Gasteiger partial charge in [-0.2, -0.15) is 0 Å². The minimum absolute atomic E-state index is 0.0591. The number of hydrogen-bond acceptors (Lipinski definition) is 2. The Kier molecular flexibility index (Phi) is 8.45. The zero-order chi connectivity index (χ0) is 40.3. The van der Waals surface area contributed by atoms with Crippen molar-refractivity contribution in [3.05, 3.63) is 224 Å². The van der Waals surface area contributed by atoms with Crippen LogP contribution in [-0.2, 0) is 0 Å². The maximum Gasteiger partial charge on any atom is 0.143 e. The smallest absolute Gasteiger partial charge is 0.143 e. The molecule has 0 spiro atoms. The number of nitrogens with zero attached hydrogens (tertiary/aromatic N) is 2. The molecule has 0 N–H and O–H groups in total. The van der Waals surface area contributed by atoms with Gasteiger partial charge in [0.15, 0.2) is 0 Å². The average molecular weight is 783 g/mol. The predicted molar refractivity (Wildman–Crippen MR) is 258 cm³/mol. The van der Waals surface area contributed by atoms with Crippen molar-refractivity contribution in [1.82, 2.24) is 4.57 Å². The molecule has 0 amide bonds. The molecule has 61 heavy (non-hydrogen) atoms. The van der Waals surface area contributed by atoms with E-state index in [2.05, 4.69) is 222 Å². The molecule has 2 aliphatic carbocycles. The van der Waals surface area contributed by atoms with E-state index in [0.717, 1.165) is 46.8 Å². The number of furan rings is 1. The molecule has 0 saturated heterocycles. The standard InChI is InChI=1S/C58H42N2O/c1-2-15-39(16-3-1)41-19-12-20-42(35-41)40-31-33-45(34-32-40)59(46-21-13-22-47(38-46)60-55-29-10-6-23-48(55)49-24-7-11-30-56(49)60)54-28-9-8-25-50(54)51-26-14-27-52-53-36-43-17-4-5-18-44(43)37-57(53)61-58(51)52/h1-8,10-27,29-37,46H,9,28,38H2. The molecule has 3 nitrogen and oxygen atoms in total. The van der Waals surface area contributed by atoms with Crippen LogP contribution in [0.1, 0.15) is 24.8 Å². The Labute approximate surface area is 355 Å². The summed E-state index contributed by atoms with van der Waals surface area (Å²) >= 11 is 0. The summed E-state index contributed by atoms with van der Waals surface area (Å²) in [6.45, 7) is 0. The Morgan fingerprint density at radius 2 is 1.18 bits per heavy atom. The maximum absolute atomic E-state index is 6.87. The van der Waals surface area contributed by atoms with Crippen LogP contribution >= 0.6 is 0 Å². The fraction of sp³-hybridized carbons (Fsp3) is 0.0690. The lowest BCUT2D eigenvalue weighted by Crippen LogP contribution is -2.36. The van der Waals surface area contributed by atoms with Crippen molar-refractivity contribution in [2.75, 3.05) is 4.90 Å². The van der Waals surface area contributed by atoms with Crippen molar-refractivity contribution in [2.45, 2.75) is 25.3 Å². The molecule has 0 radical (unpaired) electrons. The van der Waals surface area contributed by atoms with Crippen LogP contribution in [0.2, 0.25) is 0 Å². The van der Waals surface area contributed by atoms with E-state index in [4.69, 9.17) is 4.42 Å². The topological polar surface area (TPSA) is 21.3 Å². The number of rotatable bonds is 7. The number of para-hydroxylation sites is 3. The minimum Gasteiger partial charge on any atom is -0.455 e. The average Bonchev–Trinajstić information content (AvgIpc) is 3.87. The van der Waals surface area contributed by atoms with E-state index in [-0.39, 0.29) is 6.04 Å². The van der Waals surface area contributed by atoms with Gasteiger partial charge in [0.1, 0.15) is 11.2 Å². The second-order valence-corrected chi connectivity index (χ2v) is 16.3. The predicted octanol–water partition coefficient (Wildman–Crippen LogP) is 15.6. The number of benzene rings is 8. The molecule has 2 aromatic heterocycles. The number of allylic oxidation sites excluding steroid dienone is 6. The molecule has 0 saturated carbocycles. The highest BCUT2D eigenvalue weighted by Gasteiger charge is 2.29. The van der Waals surface area contributed by atoms with Crippen LogP contribution in [0, 0.1) is 0 Å². The van der Waals surface area contributed by atoms with E-state index >= 15 is 0 Å². The quantitative estimate of drug-likeness (QED) is 0.161. The molecule has 3 heteroatoms. The fourth-order valence-electron chi connectivity index (χ4n) is 9.93. The summed E-state index contributed by atoms with van der Waals surface area (Å²) in [4.78, 5) is 2.62. The molecule has 2 aliphatic rings. The van der Waals surface area contributed by atoms with Crippen LogP contribution in [0.25, 0.3) is 88.0 Å². The Bertz CT molecular complexity index is 3390. The van der Waals surface area contributed by atoms with E-state index in [1.165, 1.54) is 77.5 Å². The molecule has 8 aromatic carbocycles. The van der Waals surface area contributed by atoms with Gasteiger partial charge >= 0.3 is 0 Å². The van der Waals surface area contributed by atoms with Gasteiger partial charge in [-0.1, -0.05) is 164 Å². The number of hydrogen-bond donors (Lipinski definition) is 0. The molecule has 1 unspecified atom stereocenters. The largest absolute Gasteiger partial charge is 0.455 e. The van der Waals surface area contributed by atoms with Crippen molar-refractivity contribution in [3.63, 3.8) is 0 Å². The summed E-state index contributed by atoms with van der Waals surface area (Å²) in [5.41, 5.74) is 15.3. The van der Waals surface area contributed by atoms with Gasteiger partial charge in [-0.15, -0.1) is 0 Å². The van der Waals surface area contributed by atoms with Crippen molar-refractivity contribution in [2.24, 2.45) is 0 Å². The van der Waals surface area contributed by atoms with Gasteiger partial charge in [0.2, 0.25) is 0 Å². The van der Waals surface area contributed by atoms with E-state index in [9.17, 15) is 0 Å². The van der Waals surface area contributed by atoms with Crippen molar-refractivity contribution in [3.8, 4) is 22.3 Å². The van der Waals surface area contributed by atoms with Crippen LogP contribution in [0.3, 0.4) is 0 Å². The zero-order valence-electron chi connectivity index (χ0n) is 33.7. The third kappa shape index (κ3) is 6.04. The lowest BCUT2D eigenvalue weighted by atomic mass is 9.91. The Hall–Kier alpha value is -7.62. The van der Waals surface area contributed by atoms with Crippen molar-refractivity contribution < 1.29 is 4.42 Å². The van der Waals surface area contributed by atoms with Crippen LogP contribution in [0.5, 0.6) is 0 Å². The highest BCUT2D eigenvalue weighted by Crippen LogP contribution is 2.43. The molecule has 10 aromatic rings. The highest BCUT2D eigenvalue weighted by atomic mass is 16.3. The molecule has 0 aliphatic heterocycles. The first-order valence-corrected chi connectivity index (χ1v) is 21.4. The fourth-order valence-corrected chi connectivity index (χ4v) is 9.93. The van der Waals surface area contributed by atoms with E-state index in [1.807, 2.05) is 0 Å². The molecule has 0 fully saturated rings. The lowest BCUT2D eigenvalue weighted by molar-refractivity contribution is 0.667. The molecular weight excluding hydrogens is 741 g/mol. The third-order valence-corrected chi connectivity index (χ3v) is 12.8. The van der Waals surface area contributed by atoms with Gasteiger partial charge in [0.05, 0.1) is 17.1 Å². The summed E-state index contributed by atoms with van der Waals surface area (Å²) < 4.78 is 9.35. The van der Waals surface area contributed by atoms with Crippen LogP contribution < -0.4 is 4.90 Å². The van der Waals surface area contributed by atoms with Gasteiger partial charge in [0.25, 0.3) is 0 Å². The SMILES string of the molecule is C1=CC(N(C2=C(c3cccc4c3oc3cc5ccccc5cc34)C=CCC2)c2ccc(-c3cccc(-c4ccccc4)c3)cc2)CC(n2c3ccccc3c3ccccc32)=C1. The first kappa shape index (κ1) is 35.3. The van der Waals surface area contributed by atoms with Gasteiger partial charge in [-0.3, -0.25) is 0 Å². The Balaban J connectivity index is 1.01. The van der Waals surface area contributed by atoms with Crippen LogP contribution in [0.4, 0.5) is 5.69 Å². The van der Waals surface area contributed by atoms with Gasteiger partial charge < -0.3 is 13.9 Å². The van der Waals surface area contributed by atoms with Crippen LogP contribution in [-0.4, -0.2) is 10.6 Å². The first-order valence-electron chi connectivity index (χ1n) is 21.4. The minimum atomic E-state index is 0.0591. The molecule has 2 heterocycles. The first-order chi connectivity index (χ1) is 30.2. The van der Waals surface area contributed by atoms with E-state index in [0.29, 0.717) is 0 Å². The lowest BCUT2D eigenvalue weighted by Gasteiger charge is -2.38. The normalized spacial score (nSPS) is 15.4. The summed E-state index contributed by atoms with van der Waals surface area (Å²) in [5, 5.41) is 7.26. The van der Waals surface area contributed by atoms with Gasteiger partial charge in [-0.05, 0) is 94.4 Å². The number of anilines is 1. The number of aromatic nitrogens is 1. The van der Waals surface area contributed by atoms with Gasteiger partial charge in [-0.25, -0.2) is 0 Å². The van der Waals surface area contributed by atoms with Crippen molar-refractivity contribution in [1.29, 1.82) is 0 Å². The molecule has 0 bridgehead atoms. The van der Waals surface area contributed by atoms with Crippen LogP contribution in [0.15, 0.2) is 222 Å². The monoisotopic (exact) mass is 782 g/mol. The second kappa shape index (κ2) is 14.6. The zero-order valence-corrected chi connectivity index (χ0v) is 33.7. The van der Waals surface area contributed by atoms with Crippen molar-refractivity contribution >= 4 is 71.5 Å². The summed E-state index contributed by atoms with van der Waals surface area (Å²) in [6.07, 6.45) is 14.4. The van der Waals surface area contributed by atoms with Gasteiger partial charge in [0, 0.05) is 56.2 Å². The molecule has 1 atom stereocenters. The number of fused-ring (bicyclic) bond motifs is 7. The molecular formula is C58H42N2O. The Morgan fingerprint density at radius 1 is 0.541 bits per heavy atom. The summed E-state index contributed by atoms with van der Waals surface area (Å²) in [7, 11) is 0. The molecule has 12 rings (SSSR count). The summed E-state index contributed by atoms with van der Waals surface area (Å²) in [6, 6.07) is 66.1. The summed E-state index contributed by atoms with van der Waals surface area (Å²) in [5.74, 6) is 0. The van der Waals surface area contributed by atoms with E-state index < -0.39 is 0 Å². The maximum atomic E-state index is 6.87. The second-order valence-electron chi connectivity index (χ2n) is 16.3. The molecule has 290 valence electrons. The third-order valence-electron chi connectivity index (χ3n) is 12.8. The highest BCUT2D eigenvalue weighted by molar-refractivity contribution is 6.13. The van der Waals surface area contributed by atoms with E-state index in [1.54, 1.807) is 0 Å². The Morgan fingerprint density at radius 3 is 1.95 bits per heavy atom.